The van der Waals surface area contributed by atoms with Gasteiger partial charge in [-0.3, -0.25) is 9.59 Å². The molecule has 100 valence electrons. The van der Waals surface area contributed by atoms with Crippen LogP contribution >= 0.6 is 23.4 Å². The average Bonchev–Trinajstić information content (AvgIpc) is 2.62. The lowest BCUT2D eigenvalue weighted by atomic mass is 10.2. The highest BCUT2D eigenvalue weighted by Crippen LogP contribution is 2.24. The van der Waals surface area contributed by atoms with Crippen molar-refractivity contribution in [3.8, 4) is 0 Å². The molecular formula is C12H12ClN3O2S. The number of aliphatic imine (C=N–C) groups is 1. The topological polar surface area (TPSA) is 84.6 Å². The molecule has 1 heterocycles. The van der Waals surface area contributed by atoms with Crippen molar-refractivity contribution in [2.75, 3.05) is 5.32 Å². The van der Waals surface area contributed by atoms with Crippen molar-refractivity contribution in [1.29, 1.82) is 0 Å². The molecule has 3 N–H and O–H groups in total. The van der Waals surface area contributed by atoms with E-state index in [1.54, 1.807) is 12.1 Å². The Bertz CT molecular complexity index is 574. The molecule has 1 aliphatic rings. The molecule has 1 aromatic rings. The summed E-state index contributed by atoms with van der Waals surface area (Å²) >= 11 is 6.98. The van der Waals surface area contributed by atoms with Gasteiger partial charge in [-0.05, 0) is 24.6 Å². The number of nitrogens with two attached hydrogens (primary N) is 1. The van der Waals surface area contributed by atoms with E-state index in [-0.39, 0.29) is 23.4 Å². The van der Waals surface area contributed by atoms with E-state index in [0.29, 0.717) is 10.7 Å². The number of thioether (sulfide) groups is 1. The molecule has 1 aliphatic heterocycles. The maximum atomic E-state index is 11.9. The molecule has 1 aromatic carbocycles. The monoisotopic (exact) mass is 297 g/mol. The summed E-state index contributed by atoms with van der Waals surface area (Å²) < 4.78 is 0. The molecule has 0 spiro atoms. The van der Waals surface area contributed by atoms with Crippen molar-refractivity contribution in [2.45, 2.75) is 18.6 Å². The van der Waals surface area contributed by atoms with Crippen molar-refractivity contribution in [2.24, 2.45) is 10.7 Å². The first-order valence-electron chi connectivity index (χ1n) is 5.56. The van der Waals surface area contributed by atoms with Gasteiger partial charge < -0.3 is 11.1 Å². The van der Waals surface area contributed by atoms with Crippen LogP contribution in [0, 0.1) is 6.92 Å². The molecule has 0 fully saturated rings. The zero-order valence-electron chi connectivity index (χ0n) is 10.1. The van der Waals surface area contributed by atoms with Gasteiger partial charge in [0.25, 0.3) is 5.91 Å². The number of hydrogen-bond donors (Lipinski definition) is 2. The van der Waals surface area contributed by atoms with Crippen LogP contribution < -0.4 is 11.1 Å². The fourth-order valence-corrected chi connectivity index (χ4v) is 2.63. The van der Waals surface area contributed by atoms with Crippen LogP contribution in [0.5, 0.6) is 0 Å². The Balaban J connectivity index is 1.99. The summed E-state index contributed by atoms with van der Waals surface area (Å²) in [4.78, 5) is 26.9. The van der Waals surface area contributed by atoms with E-state index in [1.165, 1.54) is 0 Å². The minimum absolute atomic E-state index is 0.0413. The second-order valence-corrected chi connectivity index (χ2v) is 5.77. The SMILES string of the molecule is Cc1ccc(Cl)cc1NC(=O)C[C@@H]1SC(N)=NC1=O. The second kappa shape index (κ2) is 5.63. The van der Waals surface area contributed by atoms with E-state index >= 15 is 0 Å². The highest BCUT2D eigenvalue weighted by molar-refractivity contribution is 8.15. The molecule has 0 aliphatic carbocycles. The maximum Gasteiger partial charge on any atom is 0.262 e. The highest BCUT2D eigenvalue weighted by atomic mass is 35.5. The average molecular weight is 298 g/mol. The molecule has 0 aromatic heterocycles. The number of nitrogens with zero attached hydrogens (tertiary/aromatic N) is 1. The fraction of sp³-hybridized carbons (Fsp3) is 0.250. The molecule has 0 radical (unpaired) electrons. The number of halogens is 1. The highest BCUT2D eigenvalue weighted by Gasteiger charge is 2.29. The molecule has 2 amide bonds. The lowest BCUT2D eigenvalue weighted by Crippen LogP contribution is -2.22. The lowest BCUT2D eigenvalue weighted by Gasteiger charge is -2.10. The molecule has 19 heavy (non-hydrogen) atoms. The molecular weight excluding hydrogens is 286 g/mol. The van der Waals surface area contributed by atoms with Crippen molar-refractivity contribution in [3.63, 3.8) is 0 Å². The summed E-state index contributed by atoms with van der Waals surface area (Å²) in [6.07, 6.45) is 0.0413. The van der Waals surface area contributed by atoms with Gasteiger partial charge in [-0.15, -0.1) is 0 Å². The summed E-state index contributed by atoms with van der Waals surface area (Å²) in [5, 5.41) is 2.96. The van der Waals surface area contributed by atoms with Gasteiger partial charge in [-0.1, -0.05) is 29.4 Å². The summed E-state index contributed by atoms with van der Waals surface area (Å²) in [6.45, 7) is 1.86. The third-order valence-corrected chi connectivity index (χ3v) is 3.82. The van der Waals surface area contributed by atoms with Crippen LogP contribution in [-0.2, 0) is 9.59 Å². The van der Waals surface area contributed by atoms with E-state index < -0.39 is 5.25 Å². The largest absolute Gasteiger partial charge is 0.378 e. The predicted molar refractivity (Wildman–Crippen MR) is 77.4 cm³/mol. The Hall–Kier alpha value is -1.53. The Morgan fingerprint density at radius 1 is 1.58 bits per heavy atom. The van der Waals surface area contributed by atoms with Gasteiger partial charge in [0.05, 0.1) is 0 Å². The summed E-state index contributed by atoms with van der Waals surface area (Å²) in [6, 6.07) is 5.23. The predicted octanol–water partition coefficient (Wildman–Crippen LogP) is 1.93. The Morgan fingerprint density at radius 3 is 2.95 bits per heavy atom. The number of benzene rings is 1. The van der Waals surface area contributed by atoms with Crippen molar-refractivity contribution < 1.29 is 9.59 Å². The van der Waals surface area contributed by atoms with Crippen LogP contribution in [0.2, 0.25) is 5.02 Å². The smallest absolute Gasteiger partial charge is 0.262 e. The quantitative estimate of drug-likeness (QED) is 0.893. The van der Waals surface area contributed by atoms with Crippen LogP contribution in [0.4, 0.5) is 5.69 Å². The molecule has 0 saturated carbocycles. The first-order chi connectivity index (χ1) is 8.95. The molecule has 5 nitrogen and oxygen atoms in total. The third-order valence-electron chi connectivity index (χ3n) is 2.60. The van der Waals surface area contributed by atoms with Crippen molar-refractivity contribution in [3.05, 3.63) is 28.8 Å². The van der Waals surface area contributed by atoms with Gasteiger partial charge >= 0.3 is 0 Å². The summed E-state index contributed by atoms with van der Waals surface area (Å²) in [5.74, 6) is -0.624. The number of aryl methyl sites for hydroxylation is 1. The maximum absolute atomic E-state index is 11.9. The van der Waals surface area contributed by atoms with E-state index in [4.69, 9.17) is 17.3 Å². The standard InChI is InChI=1S/C12H12ClN3O2S/c1-6-2-3-7(13)4-8(6)15-10(17)5-9-11(18)16-12(14)19-9/h2-4,9H,5H2,1H3,(H,15,17)(H2,14,16,18)/t9-/m0/s1. The summed E-state index contributed by atoms with van der Waals surface area (Å²) in [5.41, 5.74) is 6.97. The number of nitrogens with one attached hydrogen (secondary N) is 1. The number of carbonyl (C=O) groups is 2. The van der Waals surface area contributed by atoms with Gasteiger partial charge in [0.1, 0.15) is 5.25 Å². The molecule has 2 rings (SSSR count). The Labute approximate surface area is 119 Å². The van der Waals surface area contributed by atoms with E-state index in [9.17, 15) is 9.59 Å². The van der Waals surface area contributed by atoms with Crippen LogP contribution in [-0.4, -0.2) is 22.2 Å². The van der Waals surface area contributed by atoms with Crippen LogP contribution in [0.25, 0.3) is 0 Å². The fourth-order valence-electron chi connectivity index (χ4n) is 1.63. The van der Waals surface area contributed by atoms with Crippen LogP contribution in [0.3, 0.4) is 0 Å². The second-order valence-electron chi connectivity index (χ2n) is 4.11. The summed E-state index contributed by atoms with van der Waals surface area (Å²) in [7, 11) is 0. The minimum Gasteiger partial charge on any atom is -0.378 e. The lowest BCUT2D eigenvalue weighted by molar-refractivity contribution is -0.121. The van der Waals surface area contributed by atoms with Gasteiger partial charge in [0.2, 0.25) is 5.91 Å². The van der Waals surface area contributed by atoms with Crippen molar-refractivity contribution >= 4 is 46.0 Å². The Kier molecular flexibility index (Phi) is 4.11. The first-order valence-corrected chi connectivity index (χ1v) is 6.82. The van der Waals surface area contributed by atoms with Gasteiger partial charge in [0.15, 0.2) is 5.17 Å². The molecule has 7 heteroatoms. The Morgan fingerprint density at radius 2 is 2.32 bits per heavy atom. The van der Waals surface area contributed by atoms with E-state index in [2.05, 4.69) is 10.3 Å². The number of amidine groups is 1. The minimum atomic E-state index is -0.528. The normalized spacial score (nSPS) is 18.3. The zero-order valence-corrected chi connectivity index (χ0v) is 11.7. The molecule has 0 bridgehead atoms. The van der Waals surface area contributed by atoms with Gasteiger partial charge in [0, 0.05) is 17.1 Å². The van der Waals surface area contributed by atoms with Crippen LogP contribution in [0.15, 0.2) is 23.2 Å². The van der Waals surface area contributed by atoms with Crippen molar-refractivity contribution in [1.82, 2.24) is 0 Å². The molecule has 0 unspecified atom stereocenters. The van der Waals surface area contributed by atoms with E-state index in [1.807, 2.05) is 13.0 Å². The third kappa shape index (κ3) is 3.48. The van der Waals surface area contributed by atoms with E-state index in [0.717, 1.165) is 17.3 Å². The van der Waals surface area contributed by atoms with Gasteiger partial charge in [-0.25, -0.2) is 0 Å². The first kappa shape index (κ1) is 13.9. The number of anilines is 1. The molecule has 0 saturated heterocycles. The molecule has 1 atom stereocenters. The number of amides is 2. The number of carbonyl (C=O) groups excluding carboxylic acids is 2. The van der Waals surface area contributed by atoms with Crippen LogP contribution in [0.1, 0.15) is 12.0 Å². The van der Waals surface area contributed by atoms with Gasteiger partial charge in [-0.2, -0.15) is 4.99 Å². The zero-order chi connectivity index (χ0) is 14.0. The number of rotatable bonds is 3. The number of hydrogen-bond acceptors (Lipinski definition) is 4.